The SMILES string of the molecule is N#CC(C#N)=C(C#N)Nc1ccc([N+](=O)[O-])cc1Br. The predicted molar refractivity (Wildman–Crippen MR) is 68.3 cm³/mol. The van der Waals surface area contributed by atoms with Crippen molar-refractivity contribution >= 4 is 27.3 Å². The Morgan fingerprint density at radius 3 is 2.32 bits per heavy atom. The summed E-state index contributed by atoms with van der Waals surface area (Å²) in [6.45, 7) is 0. The molecule has 0 fully saturated rings. The van der Waals surface area contributed by atoms with Gasteiger partial charge in [0.05, 0.1) is 10.6 Å². The molecule has 1 N–H and O–H groups in total. The Morgan fingerprint density at radius 1 is 1.26 bits per heavy atom. The lowest BCUT2D eigenvalue weighted by molar-refractivity contribution is -0.384. The summed E-state index contributed by atoms with van der Waals surface area (Å²) in [6.07, 6.45) is 0. The van der Waals surface area contributed by atoms with Gasteiger partial charge in [-0.05, 0) is 22.0 Å². The zero-order valence-electron chi connectivity index (χ0n) is 9.22. The summed E-state index contributed by atoms with van der Waals surface area (Å²) >= 11 is 3.10. The molecule has 7 nitrogen and oxygen atoms in total. The second-order valence-electron chi connectivity index (χ2n) is 3.13. The van der Waals surface area contributed by atoms with E-state index >= 15 is 0 Å². The van der Waals surface area contributed by atoms with Crippen molar-refractivity contribution in [3.05, 3.63) is 44.1 Å². The highest BCUT2D eigenvalue weighted by atomic mass is 79.9. The van der Waals surface area contributed by atoms with Crippen LogP contribution in [0.3, 0.4) is 0 Å². The maximum Gasteiger partial charge on any atom is 0.270 e. The normalized spacial score (nSPS) is 8.53. The van der Waals surface area contributed by atoms with Gasteiger partial charge in [0.15, 0.2) is 5.57 Å². The molecular weight excluding hydrogens is 314 g/mol. The number of nitrogens with one attached hydrogen (secondary N) is 1. The van der Waals surface area contributed by atoms with E-state index in [2.05, 4.69) is 21.2 Å². The van der Waals surface area contributed by atoms with Gasteiger partial charge in [0.2, 0.25) is 0 Å². The minimum absolute atomic E-state index is 0.124. The fourth-order valence-corrected chi connectivity index (χ4v) is 1.60. The smallest absolute Gasteiger partial charge is 0.270 e. The molecule has 0 aliphatic carbocycles. The molecule has 8 heteroatoms. The maximum atomic E-state index is 10.6. The number of anilines is 1. The third-order valence-electron chi connectivity index (χ3n) is 2.01. The summed E-state index contributed by atoms with van der Waals surface area (Å²) in [5, 5.41) is 39.3. The summed E-state index contributed by atoms with van der Waals surface area (Å²) in [6, 6.07) is 8.70. The van der Waals surface area contributed by atoms with Crippen LogP contribution in [0.2, 0.25) is 0 Å². The van der Waals surface area contributed by atoms with Crippen molar-refractivity contribution in [3.63, 3.8) is 0 Å². The molecule has 0 amide bonds. The van der Waals surface area contributed by atoms with E-state index in [4.69, 9.17) is 15.8 Å². The van der Waals surface area contributed by atoms with E-state index in [0.717, 1.165) is 0 Å². The summed E-state index contributed by atoms with van der Waals surface area (Å²) in [4.78, 5) is 10.00. The second-order valence-corrected chi connectivity index (χ2v) is 3.99. The number of nitriles is 3. The van der Waals surface area contributed by atoms with Crippen LogP contribution in [-0.4, -0.2) is 4.92 Å². The van der Waals surface area contributed by atoms with Crippen molar-refractivity contribution in [1.29, 1.82) is 15.8 Å². The Kier molecular flexibility index (Phi) is 4.59. The lowest BCUT2D eigenvalue weighted by atomic mass is 10.2. The monoisotopic (exact) mass is 317 g/mol. The molecule has 1 rings (SSSR count). The van der Waals surface area contributed by atoms with Crippen LogP contribution in [-0.2, 0) is 0 Å². The number of hydrogen-bond donors (Lipinski definition) is 1. The van der Waals surface area contributed by atoms with Crippen molar-refractivity contribution in [2.24, 2.45) is 0 Å². The van der Waals surface area contributed by atoms with E-state index in [1.807, 2.05) is 0 Å². The Bertz CT molecular complexity index is 675. The molecule has 0 bridgehead atoms. The first-order chi connectivity index (χ1) is 9.03. The first kappa shape index (κ1) is 14.2. The highest BCUT2D eigenvalue weighted by Crippen LogP contribution is 2.28. The average molecular weight is 318 g/mol. The second kappa shape index (κ2) is 6.15. The van der Waals surface area contributed by atoms with Crippen LogP contribution >= 0.6 is 15.9 Å². The van der Waals surface area contributed by atoms with Gasteiger partial charge >= 0.3 is 0 Å². The lowest BCUT2D eigenvalue weighted by Crippen LogP contribution is -2.01. The van der Waals surface area contributed by atoms with Crippen molar-refractivity contribution < 1.29 is 4.92 Å². The minimum Gasteiger partial charge on any atom is -0.344 e. The fourth-order valence-electron chi connectivity index (χ4n) is 1.14. The topological polar surface area (TPSA) is 127 Å². The fraction of sp³-hybridized carbons (Fsp3) is 0. The van der Waals surface area contributed by atoms with Gasteiger partial charge in [0.25, 0.3) is 5.69 Å². The van der Waals surface area contributed by atoms with E-state index in [-0.39, 0.29) is 17.0 Å². The van der Waals surface area contributed by atoms with Gasteiger partial charge < -0.3 is 5.32 Å². The highest BCUT2D eigenvalue weighted by molar-refractivity contribution is 9.10. The van der Waals surface area contributed by atoms with Crippen LogP contribution in [0.4, 0.5) is 11.4 Å². The molecule has 0 unspecified atom stereocenters. The Labute approximate surface area is 116 Å². The van der Waals surface area contributed by atoms with Gasteiger partial charge in [-0.15, -0.1) is 0 Å². The molecule has 0 atom stereocenters. The summed E-state index contributed by atoms with van der Waals surface area (Å²) in [5.41, 5.74) is -0.377. The molecule has 19 heavy (non-hydrogen) atoms. The van der Waals surface area contributed by atoms with E-state index in [1.54, 1.807) is 18.2 Å². The molecule has 92 valence electrons. The van der Waals surface area contributed by atoms with E-state index in [9.17, 15) is 10.1 Å². The molecule has 0 aliphatic rings. The van der Waals surface area contributed by atoms with Gasteiger partial charge in [-0.2, -0.15) is 15.8 Å². The number of non-ortho nitro benzene ring substituents is 1. The molecule has 0 spiro atoms. The maximum absolute atomic E-state index is 10.6. The van der Waals surface area contributed by atoms with E-state index in [1.165, 1.54) is 18.2 Å². The number of halogens is 1. The zero-order valence-corrected chi connectivity index (χ0v) is 10.8. The highest BCUT2D eigenvalue weighted by Gasteiger charge is 2.12. The molecular formula is C11H4BrN5O2. The van der Waals surface area contributed by atoms with Crippen LogP contribution < -0.4 is 5.32 Å². The number of nitrogens with zero attached hydrogens (tertiary/aromatic N) is 4. The zero-order chi connectivity index (χ0) is 14.4. The molecule has 0 saturated carbocycles. The van der Waals surface area contributed by atoms with Crippen LogP contribution in [0.25, 0.3) is 0 Å². The quantitative estimate of drug-likeness (QED) is 0.518. The van der Waals surface area contributed by atoms with Crippen LogP contribution in [0.1, 0.15) is 0 Å². The summed E-state index contributed by atoms with van der Waals surface area (Å²) < 4.78 is 0.338. The Hall–Kier alpha value is -2.89. The first-order valence-corrected chi connectivity index (χ1v) is 5.48. The van der Waals surface area contributed by atoms with Crippen LogP contribution in [0.5, 0.6) is 0 Å². The van der Waals surface area contributed by atoms with Crippen molar-refractivity contribution in [2.75, 3.05) is 5.32 Å². The molecule has 0 saturated heterocycles. The van der Waals surface area contributed by atoms with Crippen molar-refractivity contribution in [2.45, 2.75) is 0 Å². The average Bonchev–Trinajstić information content (AvgIpc) is 2.40. The van der Waals surface area contributed by atoms with Gasteiger partial charge in [-0.3, -0.25) is 10.1 Å². The van der Waals surface area contributed by atoms with Gasteiger partial charge in [-0.25, -0.2) is 0 Å². The molecule has 1 aromatic rings. The van der Waals surface area contributed by atoms with Gasteiger partial charge in [-0.1, -0.05) is 0 Å². The Morgan fingerprint density at radius 2 is 1.89 bits per heavy atom. The Balaban J connectivity index is 3.19. The molecule has 0 aromatic heterocycles. The molecule has 0 radical (unpaired) electrons. The summed E-state index contributed by atoms with van der Waals surface area (Å²) in [7, 11) is 0. The standard InChI is InChI=1S/C11H4BrN5O2/c12-9-3-8(17(18)19)1-2-10(9)16-11(6-15)7(4-13)5-14/h1-3,16H. The third-order valence-corrected chi connectivity index (χ3v) is 2.66. The molecule has 0 aliphatic heterocycles. The number of hydrogen-bond acceptors (Lipinski definition) is 6. The van der Waals surface area contributed by atoms with Gasteiger partial charge in [0, 0.05) is 16.6 Å². The molecule has 0 heterocycles. The number of allylic oxidation sites excluding steroid dienone is 2. The van der Waals surface area contributed by atoms with E-state index in [0.29, 0.717) is 10.2 Å². The van der Waals surface area contributed by atoms with E-state index < -0.39 is 4.92 Å². The van der Waals surface area contributed by atoms with Crippen molar-refractivity contribution in [1.82, 2.24) is 0 Å². The number of benzene rings is 1. The predicted octanol–water partition coefficient (Wildman–Crippen LogP) is 2.59. The summed E-state index contributed by atoms with van der Waals surface area (Å²) in [5.74, 6) is 0. The minimum atomic E-state index is -0.564. The number of rotatable bonds is 3. The number of nitro groups is 1. The largest absolute Gasteiger partial charge is 0.344 e. The first-order valence-electron chi connectivity index (χ1n) is 4.69. The van der Waals surface area contributed by atoms with Gasteiger partial charge in [0.1, 0.15) is 23.9 Å². The van der Waals surface area contributed by atoms with Crippen molar-refractivity contribution in [3.8, 4) is 18.2 Å². The third kappa shape index (κ3) is 3.29. The number of nitro benzene ring substituents is 1. The van der Waals surface area contributed by atoms with Crippen LogP contribution in [0.15, 0.2) is 33.9 Å². The molecule has 1 aromatic carbocycles. The van der Waals surface area contributed by atoms with Crippen LogP contribution in [0, 0.1) is 44.1 Å². The lowest BCUT2D eigenvalue weighted by Gasteiger charge is -2.06.